The van der Waals surface area contributed by atoms with Crippen LogP contribution in [0.25, 0.3) is 63.8 Å². The maximum absolute atomic E-state index is 5.48. The van der Waals surface area contributed by atoms with Crippen LogP contribution in [-0.2, 0) is 12.8 Å². The topological polar surface area (TPSA) is 56.3 Å². The molecular formula is C52H50N4S2. The lowest BCUT2D eigenvalue weighted by Crippen LogP contribution is -2.10. The smallest absolute Gasteiger partial charge is 0.0824 e. The Kier molecular flexibility index (Phi) is 11.5. The van der Waals surface area contributed by atoms with Crippen LogP contribution < -0.4 is 10.7 Å². The SMILES string of the molecule is CCCCCCc1ccc(N=c2c3ccccc3[nH]c3cc4c(=Nc5ccc(CCCCCC)cc5)c5cc(-c6ccc(-c7cccs7)s6)ccc5[nH]c4cc23)cc1. The van der Waals surface area contributed by atoms with Crippen LogP contribution in [0.3, 0.4) is 0 Å². The van der Waals surface area contributed by atoms with Crippen LogP contribution in [0.15, 0.2) is 143 Å². The van der Waals surface area contributed by atoms with Gasteiger partial charge in [0, 0.05) is 58.2 Å². The van der Waals surface area contributed by atoms with E-state index in [4.69, 9.17) is 9.98 Å². The van der Waals surface area contributed by atoms with Crippen molar-refractivity contribution in [2.75, 3.05) is 0 Å². The minimum Gasteiger partial charge on any atom is -0.354 e. The zero-order valence-corrected chi connectivity index (χ0v) is 35.1. The van der Waals surface area contributed by atoms with Gasteiger partial charge in [-0.1, -0.05) is 107 Å². The molecule has 4 heterocycles. The van der Waals surface area contributed by atoms with Crippen molar-refractivity contribution in [2.24, 2.45) is 9.98 Å². The Morgan fingerprint density at radius 1 is 0.448 bits per heavy atom. The van der Waals surface area contributed by atoms with E-state index in [1.165, 1.54) is 82.7 Å². The van der Waals surface area contributed by atoms with Crippen molar-refractivity contribution in [1.82, 2.24) is 9.97 Å². The normalized spacial score (nSPS) is 12.5. The summed E-state index contributed by atoms with van der Waals surface area (Å²) in [5, 5.41) is 8.41. The zero-order valence-electron chi connectivity index (χ0n) is 33.5. The number of fused-ring (bicyclic) bond motifs is 4. The van der Waals surface area contributed by atoms with Crippen LogP contribution >= 0.6 is 22.7 Å². The van der Waals surface area contributed by atoms with E-state index in [0.29, 0.717) is 0 Å². The first-order valence-corrected chi connectivity index (χ1v) is 22.8. The molecule has 6 heteroatoms. The number of para-hydroxylation sites is 1. The molecule has 0 fully saturated rings. The second kappa shape index (κ2) is 17.5. The second-order valence-electron chi connectivity index (χ2n) is 15.5. The van der Waals surface area contributed by atoms with Crippen LogP contribution in [-0.4, -0.2) is 9.97 Å². The van der Waals surface area contributed by atoms with Crippen molar-refractivity contribution in [1.29, 1.82) is 0 Å². The maximum Gasteiger partial charge on any atom is 0.0824 e. The molecule has 0 amide bonds. The number of thiophene rings is 2. The van der Waals surface area contributed by atoms with E-state index in [2.05, 4.69) is 157 Å². The molecular weight excluding hydrogens is 745 g/mol. The fourth-order valence-electron chi connectivity index (χ4n) is 8.11. The molecule has 0 unspecified atom stereocenters. The fraction of sp³-hybridized carbons (Fsp3) is 0.231. The molecule has 4 nitrogen and oxygen atoms in total. The Bertz CT molecular complexity index is 2960. The molecule has 0 aliphatic heterocycles. The zero-order chi connectivity index (χ0) is 39.3. The third-order valence-corrected chi connectivity index (χ3v) is 13.5. The number of nitrogens with one attached hydrogen (secondary N) is 2. The predicted molar refractivity (Wildman–Crippen MR) is 251 cm³/mol. The maximum atomic E-state index is 5.48. The monoisotopic (exact) mass is 794 g/mol. The molecule has 0 atom stereocenters. The molecule has 0 saturated heterocycles. The molecule has 4 aromatic heterocycles. The Hall–Kier alpha value is -5.56. The molecule has 0 saturated carbocycles. The van der Waals surface area contributed by atoms with E-state index in [1.54, 1.807) is 11.3 Å². The van der Waals surface area contributed by atoms with Gasteiger partial charge in [0.15, 0.2) is 0 Å². The summed E-state index contributed by atoms with van der Waals surface area (Å²) in [6, 6.07) is 46.4. The minimum atomic E-state index is 0.958. The molecule has 9 aromatic rings. The molecule has 5 aromatic carbocycles. The number of nitrogens with zero attached hydrogens (tertiary/aromatic N) is 2. The van der Waals surface area contributed by atoms with Gasteiger partial charge in [-0.05, 0) is 121 Å². The van der Waals surface area contributed by atoms with Crippen LogP contribution in [0.2, 0.25) is 0 Å². The van der Waals surface area contributed by atoms with Crippen molar-refractivity contribution in [3.63, 3.8) is 0 Å². The Balaban J connectivity index is 1.21. The molecule has 0 radical (unpaired) electrons. The second-order valence-corrected chi connectivity index (χ2v) is 17.5. The summed E-state index contributed by atoms with van der Waals surface area (Å²) >= 11 is 3.63. The number of aromatic amines is 2. The molecule has 9 rings (SSSR count). The summed E-state index contributed by atoms with van der Waals surface area (Å²) < 4.78 is 0. The lowest BCUT2D eigenvalue weighted by Gasteiger charge is -2.11. The largest absolute Gasteiger partial charge is 0.354 e. The summed E-state index contributed by atoms with van der Waals surface area (Å²) in [4.78, 5) is 22.3. The highest BCUT2D eigenvalue weighted by Crippen LogP contribution is 2.37. The van der Waals surface area contributed by atoms with Crippen molar-refractivity contribution >= 4 is 77.7 Å². The van der Waals surface area contributed by atoms with E-state index in [0.717, 1.165) is 78.5 Å². The van der Waals surface area contributed by atoms with Gasteiger partial charge in [-0.3, -0.25) is 0 Å². The van der Waals surface area contributed by atoms with Crippen molar-refractivity contribution in [3.8, 4) is 20.2 Å². The van der Waals surface area contributed by atoms with Crippen molar-refractivity contribution in [3.05, 3.63) is 155 Å². The molecule has 58 heavy (non-hydrogen) atoms. The van der Waals surface area contributed by atoms with E-state index in [-0.39, 0.29) is 0 Å². The van der Waals surface area contributed by atoms with Gasteiger partial charge in [0.25, 0.3) is 0 Å². The van der Waals surface area contributed by atoms with Gasteiger partial charge in [-0.15, -0.1) is 22.7 Å². The van der Waals surface area contributed by atoms with Gasteiger partial charge < -0.3 is 9.97 Å². The first-order valence-electron chi connectivity index (χ1n) is 21.1. The number of hydrogen-bond acceptors (Lipinski definition) is 4. The number of unbranched alkanes of at least 4 members (excludes halogenated alkanes) is 6. The van der Waals surface area contributed by atoms with Crippen LogP contribution in [0.1, 0.15) is 76.3 Å². The van der Waals surface area contributed by atoms with Crippen LogP contribution in [0, 0.1) is 0 Å². The molecule has 0 spiro atoms. The average molecular weight is 795 g/mol. The molecule has 0 bridgehead atoms. The Morgan fingerprint density at radius 3 is 1.62 bits per heavy atom. The first-order chi connectivity index (χ1) is 28.6. The summed E-state index contributed by atoms with van der Waals surface area (Å²) in [7, 11) is 0. The van der Waals surface area contributed by atoms with E-state index >= 15 is 0 Å². The van der Waals surface area contributed by atoms with Gasteiger partial charge in [0.2, 0.25) is 0 Å². The third-order valence-electron chi connectivity index (χ3n) is 11.3. The van der Waals surface area contributed by atoms with E-state index < -0.39 is 0 Å². The Labute approximate surface area is 348 Å². The highest BCUT2D eigenvalue weighted by atomic mass is 32.1. The number of pyridine rings is 2. The summed E-state index contributed by atoms with van der Waals surface area (Å²) in [5.41, 5.74) is 10.0. The average Bonchev–Trinajstić information content (AvgIpc) is 3.98. The van der Waals surface area contributed by atoms with Gasteiger partial charge in [-0.2, -0.15) is 0 Å². The lowest BCUT2D eigenvalue weighted by atomic mass is 10.0. The number of benzene rings is 5. The van der Waals surface area contributed by atoms with Crippen LogP contribution in [0.5, 0.6) is 0 Å². The number of hydrogen-bond donors (Lipinski definition) is 2. The number of aromatic nitrogens is 2. The number of H-pyrrole nitrogens is 2. The predicted octanol–water partition coefficient (Wildman–Crippen LogP) is 15.1. The van der Waals surface area contributed by atoms with Crippen molar-refractivity contribution in [2.45, 2.75) is 78.1 Å². The number of aryl methyl sites for hydroxylation is 2. The lowest BCUT2D eigenvalue weighted by molar-refractivity contribution is 0.667. The molecule has 290 valence electrons. The Morgan fingerprint density at radius 2 is 1.02 bits per heavy atom. The fourth-order valence-corrected chi connectivity index (χ4v) is 9.95. The number of rotatable bonds is 14. The summed E-state index contributed by atoms with van der Waals surface area (Å²) in [6.45, 7) is 4.53. The highest BCUT2D eigenvalue weighted by molar-refractivity contribution is 7.23. The highest BCUT2D eigenvalue weighted by Gasteiger charge is 2.13. The summed E-state index contributed by atoms with van der Waals surface area (Å²) in [5.74, 6) is 0. The van der Waals surface area contributed by atoms with Gasteiger partial charge in [-0.25, -0.2) is 9.98 Å². The van der Waals surface area contributed by atoms with Crippen LogP contribution in [0.4, 0.5) is 11.4 Å². The minimum absolute atomic E-state index is 0.958. The molecule has 0 aliphatic rings. The first kappa shape index (κ1) is 38.0. The van der Waals surface area contributed by atoms with Gasteiger partial charge in [0.1, 0.15) is 0 Å². The van der Waals surface area contributed by atoms with Crippen molar-refractivity contribution < 1.29 is 0 Å². The van der Waals surface area contributed by atoms with E-state index in [9.17, 15) is 0 Å². The molecule has 0 aliphatic carbocycles. The standard InChI is InChI=1S/C52H50N4S2/c1-3-5-7-9-14-35-19-24-38(25-20-35)53-51-40-16-11-12-17-44(40)55-46-34-43-47(33-42(46)51)56-45-28-23-37(48-29-30-50(58-48)49-18-13-31-57-49)32-41(45)52(43)54-39-26-21-36(22-27-39)15-10-8-6-4-2/h11-13,16-34H,3-10,14-15H2,1-2H3,(H,53,55)(H,54,56). The third kappa shape index (κ3) is 8.22. The van der Waals surface area contributed by atoms with E-state index in [1.807, 2.05) is 11.3 Å². The van der Waals surface area contributed by atoms with Gasteiger partial charge in [0.05, 0.1) is 22.1 Å². The summed E-state index contributed by atoms with van der Waals surface area (Å²) in [6.07, 6.45) is 12.4. The molecule has 2 N–H and O–H groups in total. The quantitative estimate of drug-likeness (QED) is 0.0814. The van der Waals surface area contributed by atoms with Gasteiger partial charge >= 0.3 is 0 Å².